The van der Waals surface area contributed by atoms with Crippen molar-refractivity contribution < 1.29 is 89.4 Å². The van der Waals surface area contributed by atoms with Crippen LogP contribution in [0.1, 0.15) is 106 Å². The van der Waals surface area contributed by atoms with Gasteiger partial charge in [0, 0.05) is 12.3 Å². The number of Topliss-reactive ketones (excluding diaryl/α,β-unsaturated/α-hetero) is 1. The second kappa shape index (κ2) is 19.3. The van der Waals surface area contributed by atoms with E-state index in [1.54, 1.807) is 0 Å². The first kappa shape index (κ1) is 50.6. The van der Waals surface area contributed by atoms with Gasteiger partial charge in [-0.2, -0.15) is 0 Å². The van der Waals surface area contributed by atoms with Gasteiger partial charge in [0.1, 0.15) is 79.0 Å². The number of ketones is 1. The van der Waals surface area contributed by atoms with Gasteiger partial charge in [0.05, 0.1) is 31.5 Å². The van der Waals surface area contributed by atoms with E-state index in [4.69, 9.17) is 28.4 Å². The molecule has 4 saturated carbocycles. The summed E-state index contributed by atoms with van der Waals surface area (Å²) < 4.78 is 36.1. The number of carbonyl (C=O) groups is 1. The molecule has 368 valence electrons. The maximum absolute atomic E-state index is 15.0. The Bertz CT molecular complexity index is 1640. The molecule has 7 aliphatic rings. The molecular weight excluding hydrogens is 840 g/mol. The number of allylic oxidation sites excluding steroid dienone is 2. The van der Waals surface area contributed by atoms with Crippen LogP contribution in [-0.4, -0.2) is 186 Å². The van der Waals surface area contributed by atoms with Crippen LogP contribution in [0.15, 0.2) is 11.6 Å². The molecule has 24 atom stereocenters. The van der Waals surface area contributed by atoms with Crippen molar-refractivity contribution in [3.63, 3.8) is 0 Å². The fourth-order valence-corrected chi connectivity index (χ4v) is 13.5. The second-order valence-electron chi connectivity index (χ2n) is 21.4. The predicted octanol–water partition coefficient (Wildman–Crippen LogP) is -0.455. The molecule has 0 aromatic heterocycles. The average molecular weight is 917 g/mol. The lowest BCUT2D eigenvalue weighted by molar-refractivity contribution is -0.348. The first-order valence-electron chi connectivity index (χ1n) is 23.5. The SMILES string of the molecule is CC(C)=CCCC(C)(OC1OC(COC2OC(CO)C(O)C(O)C2O)C(O)C(O)C1O)C1CCC2(C)C1C(=O)CC1C3(C)CCC(OC4OC(CO)C(O)C(O)C4O)CC3CCC12C. The third-order valence-electron chi connectivity index (χ3n) is 17.7. The zero-order valence-electron chi connectivity index (χ0n) is 38.1. The number of fused-ring (bicyclic) bond motifs is 5. The van der Waals surface area contributed by atoms with Crippen molar-refractivity contribution in [3.05, 3.63) is 11.6 Å². The van der Waals surface area contributed by atoms with Crippen LogP contribution >= 0.6 is 0 Å². The summed E-state index contributed by atoms with van der Waals surface area (Å²) in [5, 5.41) is 115. The van der Waals surface area contributed by atoms with Gasteiger partial charge in [0.25, 0.3) is 0 Å². The Hall–Kier alpha value is -1.27. The zero-order chi connectivity index (χ0) is 46.8. The highest BCUT2D eigenvalue weighted by atomic mass is 16.7. The molecule has 0 spiro atoms. The van der Waals surface area contributed by atoms with E-state index in [1.807, 2.05) is 20.8 Å². The van der Waals surface area contributed by atoms with Crippen molar-refractivity contribution in [2.75, 3.05) is 19.8 Å². The summed E-state index contributed by atoms with van der Waals surface area (Å²) in [7, 11) is 0. The number of aliphatic hydroxyl groups excluding tert-OH is 11. The molecule has 0 radical (unpaired) electrons. The molecular formula is C46H76O18. The Balaban J connectivity index is 1.08. The molecule has 7 rings (SSSR count). The maximum Gasteiger partial charge on any atom is 0.187 e. The minimum Gasteiger partial charge on any atom is -0.394 e. The van der Waals surface area contributed by atoms with E-state index in [9.17, 15) is 56.2 Å². The van der Waals surface area contributed by atoms with Gasteiger partial charge < -0.3 is 84.6 Å². The molecule has 3 aliphatic heterocycles. The Morgan fingerprint density at radius 1 is 0.703 bits per heavy atom. The van der Waals surface area contributed by atoms with Crippen LogP contribution < -0.4 is 0 Å². The summed E-state index contributed by atoms with van der Waals surface area (Å²) in [5.74, 6) is -0.246. The average Bonchev–Trinajstić information content (AvgIpc) is 3.64. The fourth-order valence-electron chi connectivity index (χ4n) is 13.5. The Morgan fingerprint density at radius 2 is 1.25 bits per heavy atom. The van der Waals surface area contributed by atoms with Crippen molar-refractivity contribution in [2.45, 2.75) is 210 Å². The Kier molecular flexibility index (Phi) is 15.2. The van der Waals surface area contributed by atoms with Crippen molar-refractivity contribution in [1.82, 2.24) is 0 Å². The van der Waals surface area contributed by atoms with Crippen LogP contribution in [-0.2, 0) is 33.2 Å². The fraction of sp³-hybridized carbons (Fsp3) is 0.935. The molecule has 0 bridgehead atoms. The van der Waals surface area contributed by atoms with Gasteiger partial charge in [-0.25, -0.2) is 0 Å². The monoisotopic (exact) mass is 917 g/mol. The number of hydrogen-bond acceptors (Lipinski definition) is 18. The summed E-state index contributed by atoms with van der Waals surface area (Å²) in [5.41, 5.74) is -0.814. The molecule has 4 aliphatic carbocycles. The van der Waals surface area contributed by atoms with Gasteiger partial charge in [-0.1, -0.05) is 32.4 Å². The molecule has 18 heteroatoms. The number of carbonyl (C=O) groups excluding carboxylic acids is 1. The minimum absolute atomic E-state index is 0.0712. The smallest absolute Gasteiger partial charge is 0.187 e. The number of ether oxygens (including phenoxy) is 6. The van der Waals surface area contributed by atoms with Gasteiger partial charge in [-0.15, -0.1) is 0 Å². The number of aliphatic hydroxyl groups is 11. The predicted molar refractivity (Wildman–Crippen MR) is 223 cm³/mol. The third-order valence-corrected chi connectivity index (χ3v) is 17.7. The van der Waals surface area contributed by atoms with Crippen LogP contribution in [0.4, 0.5) is 0 Å². The Labute approximate surface area is 375 Å². The van der Waals surface area contributed by atoms with E-state index in [-0.39, 0.29) is 40.5 Å². The van der Waals surface area contributed by atoms with E-state index in [1.165, 1.54) is 0 Å². The summed E-state index contributed by atoms with van der Waals surface area (Å²) in [6.07, 6.45) is -13.9. The Morgan fingerprint density at radius 3 is 1.86 bits per heavy atom. The van der Waals surface area contributed by atoms with Crippen LogP contribution in [0, 0.1) is 39.9 Å². The van der Waals surface area contributed by atoms with Gasteiger partial charge in [-0.3, -0.25) is 4.79 Å². The summed E-state index contributed by atoms with van der Waals surface area (Å²) >= 11 is 0. The van der Waals surface area contributed by atoms with E-state index in [0.717, 1.165) is 31.3 Å². The second-order valence-corrected chi connectivity index (χ2v) is 21.4. The van der Waals surface area contributed by atoms with E-state index < -0.39 is 129 Å². The van der Waals surface area contributed by atoms with Gasteiger partial charge in [-0.05, 0) is 113 Å². The molecule has 0 aromatic carbocycles. The van der Waals surface area contributed by atoms with Gasteiger partial charge in [0.15, 0.2) is 18.9 Å². The molecule has 0 amide bonds. The van der Waals surface area contributed by atoms with Gasteiger partial charge >= 0.3 is 0 Å². The topological polar surface area (TPSA) is 295 Å². The first-order valence-corrected chi connectivity index (χ1v) is 23.5. The zero-order valence-corrected chi connectivity index (χ0v) is 38.1. The highest BCUT2D eigenvalue weighted by Gasteiger charge is 2.71. The van der Waals surface area contributed by atoms with Crippen molar-refractivity contribution in [3.8, 4) is 0 Å². The van der Waals surface area contributed by atoms with Crippen molar-refractivity contribution in [1.29, 1.82) is 0 Å². The summed E-state index contributed by atoms with van der Waals surface area (Å²) in [6.45, 7) is 11.1. The molecule has 18 nitrogen and oxygen atoms in total. The van der Waals surface area contributed by atoms with Crippen molar-refractivity contribution >= 4 is 5.78 Å². The van der Waals surface area contributed by atoms with Crippen LogP contribution in [0.2, 0.25) is 0 Å². The van der Waals surface area contributed by atoms with E-state index >= 15 is 4.79 Å². The van der Waals surface area contributed by atoms with Crippen LogP contribution in [0.3, 0.4) is 0 Å². The van der Waals surface area contributed by atoms with Gasteiger partial charge in [0.2, 0.25) is 0 Å². The normalized spacial score (nSPS) is 51.7. The first-order chi connectivity index (χ1) is 30.0. The third kappa shape index (κ3) is 8.82. The lowest BCUT2D eigenvalue weighted by atomic mass is 9.37. The highest BCUT2D eigenvalue weighted by Crippen LogP contribution is 2.74. The van der Waals surface area contributed by atoms with Crippen LogP contribution in [0.25, 0.3) is 0 Å². The summed E-state index contributed by atoms with van der Waals surface area (Å²) in [6, 6.07) is 0. The number of hydrogen-bond donors (Lipinski definition) is 11. The highest BCUT2D eigenvalue weighted by molar-refractivity contribution is 5.84. The number of rotatable bonds is 13. The van der Waals surface area contributed by atoms with E-state index in [2.05, 4.69) is 26.8 Å². The molecule has 3 heterocycles. The molecule has 11 N–H and O–H groups in total. The van der Waals surface area contributed by atoms with E-state index in [0.29, 0.717) is 38.5 Å². The molecule has 0 aromatic rings. The lowest BCUT2D eigenvalue weighted by Gasteiger charge is -2.67. The maximum atomic E-state index is 15.0. The minimum atomic E-state index is -1.73. The molecule has 7 fully saturated rings. The standard InChI is InChI=1S/C46H76O18/c1-21(2)8-7-12-46(6,64-42-39(58)36(55)33(52)28(63-42)20-59-40-37(56)34(53)31(50)26(18-47)61-40)24-11-15-45(5)30(24)25(49)17-29-43(3)13-10-23(16-22(43)9-14-44(29,45)4)60-41-38(57)35(54)32(51)27(19-48)62-41/h8,22-24,26-42,47-48,50-58H,7,9-20H2,1-6H3. The summed E-state index contributed by atoms with van der Waals surface area (Å²) in [4.78, 5) is 15.0. The quantitative estimate of drug-likeness (QED) is 0.0824. The lowest BCUT2D eigenvalue weighted by Crippen LogP contribution is -2.65. The molecule has 24 unspecified atom stereocenters. The molecule has 3 saturated heterocycles. The van der Waals surface area contributed by atoms with Crippen LogP contribution in [0.5, 0.6) is 0 Å². The van der Waals surface area contributed by atoms with Crippen molar-refractivity contribution in [2.24, 2.45) is 39.9 Å². The molecule has 64 heavy (non-hydrogen) atoms. The largest absolute Gasteiger partial charge is 0.394 e.